The second-order valence-corrected chi connectivity index (χ2v) is 11.7. The Labute approximate surface area is 200 Å². The fourth-order valence-electron chi connectivity index (χ4n) is 4.97. The summed E-state index contributed by atoms with van der Waals surface area (Å²) in [5, 5.41) is 13.3. The number of carboxylic acids is 1. The van der Waals surface area contributed by atoms with E-state index in [4.69, 9.17) is 0 Å². The average Bonchev–Trinajstić information content (AvgIpc) is 2.81. The molecule has 8 nitrogen and oxygen atoms in total. The number of rotatable bonds is 6. The van der Waals surface area contributed by atoms with Crippen molar-refractivity contribution in [3.63, 3.8) is 0 Å². The molecule has 2 aliphatic rings. The van der Waals surface area contributed by atoms with Crippen LogP contribution in [0.5, 0.6) is 0 Å². The largest absolute Gasteiger partial charge is 0.478 e. The highest BCUT2D eigenvalue weighted by Crippen LogP contribution is 2.33. The number of aryl methyl sites for hydroxylation is 1. The van der Waals surface area contributed by atoms with Crippen molar-refractivity contribution < 1.29 is 23.1 Å². The van der Waals surface area contributed by atoms with Crippen molar-refractivity contribution in [1.82, 2.24) is 14.6 Å². The monoisotopic (exact) mass is 487 g/mol. The number of hydrogen-bond acceptors (Lipinski definition) is 5. The summed E-state index contributed by atoms with van der Waals surface area (Å²) in [4.78, 5) is 29.4. The van der Waals surface area contributed by atoms with Crippen molar-refractivity contribution >= 4 is 32.8 Å². The average molecular weight is 488 g/mol. The van der Waals surface area contributed by atoms with E-state index in [-0.39, 0.29) is 41.4 Å². The number of pyridine rings is 1. The number of amides is 1. The number of benzene rings is 1. The van der Waals surface area contributed by atoms with Crippen LogP contribution >= 0.6 is 0 Å². The zero-order chi connectivity index (χ0) is 24.6. The Balaban J connectivity index is 1.62. The molecule has 9 heteroatoms. The molecule has 0 saturated carbocycles. The van der Waals surface area contributed by atoms with Crippen LogP contribution in [-0.2, 0) is 27.7 Å². The van der Waals surface area contributed by atoms with Crippen LogP contribution in [0, 0.1) is 11.8 Å². The first-order valence-corrected chi connectivity index (χ1v) is 13.5. The second-order valence-electron chi connectivity index (χ2n) is 9.74. The fraction of sp³-hybridized carbons (Fsp3) is 0.560. The molecule has 34 heavy (non-hydrogen) atoms. The Morgan fingerprint density at radius 3 is 2.59 bits per heavy atom. The second kappa shape index (κ2) is 9.62. The van der Waals surface area contributed by atoms with E-state index in [2.05, 4.69) is 17.2 Å². The minimum Gasteiger partial charge on any atom is -0.478 e. The number of fused-ring (bicyclic) bond motifs is 2. The van der Waals surface area contributed by atoms with Gasteiger partial charge in [0.05, 0.1) is 16.0 Å². The number of aromatic nitrogens is 1. The van der Waals surface area contributed by atoms with Gasteiger partial charge in [0.15, 0.2) is 0 Å². The van der Waals surface area contributed by atoms with E-state index in [9.17, 15) is 23.1 Å². The van der Waals surface area contributed by atoms with Crippen LogP contribution in [0.2, 0.25) is 0 Å². The summed E-state index contributed by atoms with van der Waals surface area (Å²) in [7, 11) is -3.82. The zero-order valence-electron chi connectivity index (χ0n) is 20.0. The molecule has 1 saturated heterocycles. The lowest BCUT2D eigenvalue weighted by Gasteiger charge is -2.31. The SMILES string of the molecule is CCC(C)NC(=O)C1CCN(S(=O)(=O)c2ccc3nc4c(c(C(=O)O)c3c2)CC(C)CC4)CC1. The molecule has 2 unspecified atom stereocenters. The maximum atomic E-state index is 13.4. The summed E-state index contributed by atoms with van der Waals surface area (Å²) in [5.74, 6) is -0.919. The Bertz CT molecular complexity index is 1220. The molecule has 184 valence electrons. The highest BCUT2D eigenvalue weighted by atomic mass is 32.2. The first kappa shape index (κ1) is 24.6. The van der Waals surface area contributed by atoms with E-state index in [0.717, 1.165) is 30.5 Å². The molecule has 2 aromatic rings. The topological polar surface area (TPSA) is 117 Å². The molecule has 2 heterocycles. The van der Waals surface area contributed by atoms with Crippen molar-refractivity contribution in [2.75, 3.05) is 13.1 Å². The van der Waals surface area contributed by atoms with Gasteiger partial charge in [0.25, 0.3) is 0 Å². The molecule has 0 spiro atoms. The lowest BCUT2D eigenvalue weighted by molar-refractivity contribution is -0.126. The van der Waals surface area contributed by atoms with Crippen molar-refractivity contribution in [3.8, 4) is 0 Å². The van der Waals surface area contributed by atoms with Gasteiger partial charge in [-0.2, -0.15) is 4.31 Å². The molecule has 0 radical (unpaired) electrons. The molecular weight excluding hydrogens is 454 g/mol. The Morgan fingerprint density at radius 2 is 1.94 bits per heavy atom. The van der Waals surface area contributed by atoms with Crippen molar-refractivity contribution in [1.29, 1.82) is 0 Å². The summed E-state index contributed by atoms with van der Waals surface area (Å²) < 4.78 is 28.2. The Morgan fingerprint density at radius 1 is 1.24 bits per heavy atom. The summed E-state index contributed by atoms with van der Waals surface area (Å²) in [5.41, 5.74) is 2.20. The van der Waals surface area contributed by atoms with Gasteiger partial charge in [-0.1, -0.05) is 13.8 Å². The minimum atomic E-state index is -3.82. The van der Waals surface area contributed by atoms with Crippen LogP contribution in [0.3, 0.4) is 0 Å². The zero-order valence-corrected chi connectivity index (χ0v) is 20.8. The van der Waals surface area contributed by atoms with Gasteiger partial charge in [-0.25, -0.2) is 13.2 Å². The molecule has 1 fully saturated rings. The van der Waals surface area contributed by atoms with Crippen LogP contribution in [0.1, 0.15) is 68.1 Å². The molecule has 1 aromatic carbocycles. The summed E-state index contributed by atoms with van der Waals surface area (Å²) in [6.45, 7) is 6.56. The van der Waals surface area contributed by atoms with Gasteiger partial charge in [-0.15, -0.1) is 0 Å². The van der Waals surface area contributed by atoms with E-state index in [1.54, 1.807) is 6.07 Å². The van der Waals surface area contributed by atoms with Gasteiger partial charge in [0.1, 0.15) is 0 Å². The van der Waals surface area contributed by atoms with E-state index < -0.39 is 16.0 Å². The number of carboxylic acid groups (broad SMARTS) is 1. The van der Waals surface area contributed by atoms with Gasteiger partial charge in [-0.05, 0) is 75.1 Å². The summed E-state index contributed by atoms with van der Waals surface area (Å²) in [6.07, 6.45) is 4.08. The molecule has 1 aliphatic heterocycles. The number of carbonyl (C=O) groups is 2. The predicted octanol–water partition coefficient (Wildman–Crippen LogP) is 3.37. The Kier molecular flexibility index (Phi) is 6.96. The number of nitrogens with one attached hydrogen (secondary N) is 1. The predicted molar refractivity (Wildman–Crippen MR) is 129 cm³/mol. The first-order chi connectivity index (χ1) is 16.1. The number of hydrogen-bond donors (Lipinski definition) is 2. The van der Waals surface area contributed by atoms with Gasteiger partial charge in [0.2, 0.25) is 15.9 Å². The molecule has 2 atom stereocenters. The highest BCUT2D eigenvalue weighted by molar-refractivity contribution is 7.89. The van der Waals surface area contributed by atoms with E-state index in [1.807, 2.05) is 13.8 Å². The van der Waals surface area contributed by atoms with Gasteiger partial charge in [-0.3, -0.25) is 9.78 Å². The van der Waals surface area contributed by atoms with Gasteiger partial charge in [0, 0.05) is 36.1 Å². The van der Waals surface area contributed by atoms with Crippen molar-refractivity contribution in [2.45, 2.75) is 70.2 Å². The van der Waals surface area contributed by atoms with E-state index in [0.29, 0.717) is 36.1 Å². The number of aromatic carboxylic acids is 1. The quantitative estimate of drug-likeness (QED) is 0.645. The van der Waals surface area contributed by atoms with E-state index >= 15 is 0 Å². The van der Waals surface area contributed by atoms with Crippen LogP contribution < -0.4 is 5.32 Å². The highest BCUT2D eigenvalue weighted by Gasteiger charge is 2.33. The first-order valence-electron chi connectivity index (χ1n) is 12.1. The van der Waals surface area contributed by atoms with Crippen LogP contribution in [0.25, 0.3) is 10.9 Å². The maximum absolute atomic E-state index is 13.4. The van der Waals surface area contributed by atoms with Crippen LogP contribution in [0.4, 0.5) is 0 Å². The van der Waals surface area contributed by atoms with Crippen LogP contribution in [0.15, 0.2) is 23.1 Å². The molecule has 1 aromatic heterocycles. The van der Waals surface area contributed by atoms with Crippen molar-refractivity contribution in [2.24, 2.45) is 11.8 Å². The number of piperidine rings is 1. The number of sulfonamides is 1. The molecule has 4 rings (SSSR count). The van der Waals surface area contributed by atoms with Crippen molar-refractivity contribution in [3.05, 3.63) is 35.0 Å². The molecule has 2 N–H and O–H groups in total. The van der Waals surface area contributed by atoms with Gasteiger partial charge < -0.3 is 10.4 Å². The van der Waals surface area contributed by atoms with Gasteiger partial charge >= 0.3 is 5.97 Å². The molecule has 1 aliphatic carbocycles. The number of nitrogens with zero attached hydrogens (tertiary/aromatic N) is 2. The smallest absolute Gasteiger partial charge is 0.336 e. The number of carbonyl (C=O) groups excluding carboxylic acids is 1. The summed E-state index contributed by atoms with van der Waals surface area (Å²) >= 11 is 0. The lowest BCUT2D eigenvalue weighted by Crippen LogP contribution is -2.44. The fourth-order valence-corrected chi connectivity index (χ4v) is 6.46. The third kappa shape index (κ3) is 4.68. The lowest BCUT2D eigenvalue weighted by atomic mass is 9.84. The maximum Gasteiger partial charge on any atom is 0.336 e. The molecular formula is C25H33N3O5S. The Hall–Kier alpha value is -2.52. The third-order valence-electron chi connectivity index (χ3n) is 7.25. The normalized spacial score (nSPS) is 20.6. The standard InChI is InChI=1S/C25H33N3O5S/c1-4-16(3)26-24(29)17-9-11-28(12-10-17)34(32,33)18-6-8-22-20(14-18)23(25(30)31)19-13-15(2)5-7-21(19)27-22/h6,8,14-17H,4-5,7,9-13H2,1-3H3,(H,26,29)(H,30,31). The molecule has 1 amide bonds. The minimum absolute atomic E-state index is 0.0201. The van der Waals surface area contributed by atoms with Crippen LogP contribution in [-0.4, -0.2) is 53.8 Å². The van der Waals surface area contributed by atoms with E-state index in [1.165, 1.54) is 16.4 Å². The molecule has 0 bridgehead atoms. The third-order valence-corrected chi connectivity index (χ3v) is 9.14. The summed E-state index contributed by atoms with van der Waals surface area (Å²) in [6, 6.07) is 4.68.